The molecule has 0 amide bonds. The van der Waals surface area contributed by atoms with Crippen LogP contribution >= 0.6 is 0 Å². The van der Waals surface area contributed by atoms with Crippen molar-refractivity contribution in [2.75, 3.05) is 0 Å². The lowest BCUT2D eigenvalue weighted by molar-refractivity contribution is 0.568. The first-order chi connectivity index (χ1) is 7.51. The minimum atomic E-state index is 0.0749. The van der Waals surface area contributed by atoms with Gasteiger partial charge in [0.1, 0.15) is 5.84 Å². The van der Waals surface area contributed by atoms with E-state index >= 15 is 0 Å². The van der Waals surface area contributed by atoms with Crippen LogP contribution in [0.3, 0.4) is 0 Å². The molecular weight excluding hydrogens is 208 g/mol. The zero-order valence-electron chi connectivity index (χ0n) is 11.8. The third-order valence-corrected chi connectivity index (χ3v) is 2.98. The highest BCUT2D eigenvalue weighted by Gasteiger charge is 2.20. The summed E-state index contributed by atoms with van der Waals surface area (Å²) in [5.41, 5.74) is 9.06. The highest BCUT2D eigenvalue weighted by molar-refractivity contribution is 5.95. The molecule has 3 N–H and O–H groups in total. The molecule has 0 aliphatic rings. The first-order valence-corrected chi connectivity index (χ1v) is 6.02. The molecule has 0 unspecified atom stereocenters. The number of hydrogen-bond donors (Lipinski definition) is 2. The second-order valence-corrected chi connectivity index (χ2v) is 6.71. The summed E-state index contributed by atoms with van der Waals surface area (Å²) in [5.74, 6) is 0.140. The van der Waals surface area contributed by atoms with E-state index in [0.717, 1.165) is 5.56 Å². The van der Waals surface area contributed by atoms with Crippen molar-refractivity contribution in [2.45, 2.75) is 52.4 Å². The van der Waals surface area contributed by atoms with E-state index in [1.807, 2.05) is 12.1 Å². The maximum atomic E-state index is 7.62. The Morgan fingerprint density at radius 3 is 1.47 bits per heavy atom. The summed E-state index contributed by atoms with van der Waals surface area (Å²) in [6.07, 6.45) is 0. The second-order valence-electron chi connectivity index (χ2n) is 6.71. The Morgan fingerprint density at radius 2 is 1.24 bits per heavy atom. The van der Waals surface area contributed by atoms with E-state index in [0.29, 0.717) is 0 Å². The molecule has 17 heavy (non-hydrogen) atoms. The smallest absolute Gasteiger partial charge is 0.122 e. The van der Waals surface area contributed by atoms with Gasteiger partial charge in [0.25, 0.3) is 0 Å². The highest BCUT2D eigenvalue weighted by Crippen LogP contribution is 2.30. The fraction of sp³-hybridized carbons (Fsp3) is 0.533. The van der Waals surface area contributed by atoms with Crippen LogP contribution in [0.25, 0.3) is 0 Å². The molecular formula is C15H24N2. The standard InChI is InChI=1S/C15H24N2/c1-14(2,3)11-7-10(13(16)17)8-12(9-11)15(4,5)6/h7-9H,1-6H3,(H3,16,17). The van der Waals surface area contributed by atoms with Gasteiger partial charge in [0.05, 0.1) is 0 Å². The Hall–Kier alpha value is -1.31. The van der Waals surface area contributed by atoms with E-state index in [1.165, 1.54) is 11.1 Å². The molecule has 1 rings (SSSR count). The molecule has 2 nitrogen and oxygen atoms in total. The first-order valence-electron chi connectivity index (χ1n) is 6.02. The number of nitrogens with one attached hydrogen (secondary N) is 1. The minimum absolute atomic E-state index is 0.0749. The van der Waals surface area contributed by atoms with E-state index in [9.17, 15) is 0 Å². The maximum Gasteiger partial charge on any atom is 0.122 e. The van der Waals surface area contributed by atoms with Gasteiger partial charge in [-0.1, -0.05) is 47.6 Å². The van der Waals surface area contributed by atoms with Crippen LogP contribution in [0, 0.1) is 5.41 Å². The summed E-state index contributed by atoms with van der Waals surface area (Å²) in [4.78, 5) is 0. The number of benzene rings is 1. The van der Waals surface area contributed by atoms with Gasteiger partial charge in [-0.05, 0) is 34.1 Å². The Kier molecular flexibility index (Phi) is 3.37. The van der Waals surface area contributed by atoms with Crippen molar-refractivity contribution < 1.29 is 0 Å². The summed E-state index contributed by atoms with van der Waals surface area (Å²) in [5, 5.41) is 7.62. The van der Waals surface area contributed by atoms with Crippen molar-refractivity contribution in [3.05, 3.63) is 34.9 Å². The number of amidine groups is 1. The van der Waals surface area contributed by atoms with Crippen LogP contribution in [-0.4, -0.2) is 5.84 Å². The molecule has 0 fully saturated rings. The zero-order valence-corrected chi connectivity index (χ0v) is 11.8. The summed E-state index contributed by atoms with van der Waals surface area (Å²) < 4.78 is 0. The summed E-state index contributed by atoms with van der Waals surface area (Å²) in [6, 6.07) is 6.28. The lowest BCUT2D eigenvalue weighted by Gasteiger charge is -2.26. The first kappa shape index (κ1) is 13.8. The fourth-order valence-electron chi connectivity index (χ4n) is 1.65. The molecule has 0 bridgehead atoms. The van der Waals surface area contributed by atoms with Gasteiger partial charge < -0.3 is 5.73 Å². The van der Waals surface area contributed by atoms with E-state index in [4.69, 9.17) is 11.1 Å². The lowest BCUT2D eigenvalue weighted by Crippen LogP contribution is -2.20. The average molecular weight is 232 g/mol. The third-order valence-electron chi connectivity index (χ3n) is 2.98. The molecule has 0 atom stereocenters. The van der Waals surface area contributed by atoms with Gasteiger partial charge in [-0.2, -0.15) is 0 Å². The van der Waals surface area contributed by atoms with Crippen molar-refractivity contribution in [3.8, 4) is 0 Å². The van der Waals surface area contributed by atoms with Crippen LogP contribution in [-0.2, 0) is 10.8 Å². The number of nitrogens with two attached hydrogens (primary N) is 1. The Balaban J connectivity index is 3.45. The largest absolute Gasteiger partial charge is 0.384 e. The van der Waals surface area contributed by atoms with Gasteiger partial charge in [0, 0.05) is 5.56 Å². The second kappa shape index (κ2) is 4.17. The summed E-state index contributed by atoms with van der Waals surface area (Å²) in [7, 11) is 0. The van der Waals surface area contributed by atoms with Gasteiger partial charge >= 0.3 is 0 Å². The van der Waals surface area contributed by atoms with Crippen molar-refractivity contribution >= 4 is 5.84 Å². The quantitative estimate of drug-likeness (QED) is 0.564. The molecule has 0 radical (unpaired) electrons. The molecule has 1 aromatic carbocycles. The monoisotopic (exact) mass is 232 g/mol. The molecule has 0 heterocycles. The molecule has 0 spiro atoms. The average Bonchev–Trinajstić information content (AvgIpc) is 2.14. The number of rotatable bonds is 1. The molecule has 0 aliphatic heterocycles. The van der Waals surface area contributed by atoms with Crippen LogP contribution in [0.5, 0.6) is 0 Å². The molecule has 94 valence electrons. The fourth-order valence-corrected chi connectivity index (χ4v) is 1.65. The van der Waals surface area contributed by atoms with Gasteiger partial charge in [-0.15, -0.1) is 0 Å². The molecule has 2 heteroatoms. The number of hydrogen-bond acceptors (Lipinski definition) is 1. The Morgan fingerprint density at radius 1 is 0.882 bits per heavy atom. The molecule has 1 aromatic rings. The van der Waals surface area contributed by atoms with E-state index in [2.05, 4.69) is 47.6 Å². The van der Waals surface area contributed by atoms with Crippen molar-refractivity contribution in [2.24, 2.45) is 5.73 Å². The van der Waals surface area contributed by atoms with E-state index < -0.39 is 0 Å². The van der Waals surface area contributed by atoms with Crippen molar-refractivity contribution in [3.63, 3.8) is 0 Å². The summed E-state index contributed by atoms with van der Waals surface area (Å²) in [6.45, 7) is 13.1. The molecule has 0 aromatic heterocycles. The predicted molar refractivity (Wildman–Crippen MR) is 74.9 cm³/mol. The van der Waals surface area contributed by atoms with Gasteiger partial charge in [0.2, 0.25) is 0 Å². The highest BCUT2D eigenvalue weighted by atomic mass is 14.7. The summed E-state index contributed by atoms with van der Waals surface area (Å²) >= 11 is 0. The minimum Gasteiger partial charge on any atom is -0.384 e. The van der Waals surface area contributed by atoms with E-state index in [-0.39, 0.29) is 16.7 Å². The predicted octanol–water partition coefficient (Wildman–Crippen LogP) is 3.57. The molecule has 0 saturated heterocycles. The number of nitrogen functional groups attached to an aromatic ring is 1. The normalized spacial score (nSPS) is 12.6. The Bertz CT molecular complexity index is 399. The molecule has 0 saturated carbocycles. The van der Waals surface area contributed by atoms with Crippen molar-refractivity contribution in [1.82, 2.24) is 0 Å². The van der Waals surface area contributed by atoms with Crippen molar-refractivity contribution in [1.29, 1.82) is 5.41 Å². The topological polar surface area (TPSA) is 49.9 Å². The molecule has 0 aliphatic carbocycles. The maximum absolute atomic E-state index is 7.62. The van der Waals surface area contributed by atoms with Crippen LogP contribution in [0.15, 0.2) is 18.2 Å². The van der Waals surface area contributed by atoms with Gasteiger partial charge in [0.15, 0.2) is 0 Å². The van der Waals surface area contributed by atoms with Crippen LogP contribution in [0.4, 0.5) is 0 Å². The Labute approximate surface area is 105 Å². The van der Waals surface area contributed by atoms with Gasteiger partial charge in [-0.25, -0.2) is 0 Å². The van der Waals surface area contributed by atoms with Crippen LogP contribution < -0.4 is 5.73 Å². The lowest BCUT2D eigenvalue weighted by atomic mass is 9.79. The third kappa shape index (κ3) is 3.32. The van der Waals surface area contributed by atoms with Crippen LogP contribution in [0.2, 0.25) is 0 Å². The van der Waals surface area contributed by atoms with Gasteiger partial charge in [-0.3, -0.25) is 5.41 Å². The van der Waals surface area contributed by atoms with Crippen LogP contribution in [0.1, 0.15) is 58.2 Å². The zero-order chi connectivity index (χ0) is 13.4. The SMILES string of the molecule is CC(C)(C)c1cc(C(=N)N)cc(C(C)(C)C)c1. The van der Waals surface area contributed by atoms with E-state index in [1.54, 1.807) is 0 Å².